The van der Waals surface area contributed by atoms with Gasteiger partial charge in [0.2, 0.25) is 0 Å². The molecular formula is C14H22FN3. The van der Waals surface area contributed by atoms with E-state index >= 15 is 0 Å². The van der Waals surface area contributed by atoms with Crippen LogP contribution in [0.15, 0.2) is 24.3 Å². The Labute approximate surface area is 108 Å². The van der Waals surface area contributed by atoms with Gasteiger partial charge in [0, 0.05) is 38.8 Å². The molecule has 2 N–H and O–H groups in total. The van der Waals surface area contributed by atoms with Crippen LogP contribution in [0.5, 0.6) is 0 Å². The summed E-state index contributed by atoms with van der Waals surface area (Å²) in [4.78, 5) is 4.83. The van der Waals surface area contributed by atoms with Crippen LogP contribution in [0.1, 0.15) is 18.5 Å². The van der Waals surface area contributed by atoms with Crippen LogP contribution in [0.2, 0.25) is 0 Å². The molecule has 18 heavy (non-hydrogen) atoms. The molecule has 1 atom stereocenters. The molecule has 0 radical (unpaired) electrons. The summed E-state index contributed by atoms with van der Waals surface area (Å²) < 4.78 is 12.8. The summed E-state index contributed by atoms with van der Waals surface area (Å²) in [6.45, 7) is 8.55. The maximum absolute atomic E-state index is 12.8. The zero-order valence-electron chi connectivity index (χ0n) is 11.0. The third kappa shape index (κ3) is 3.51. The van der Waals surface area contributed by atoms with E-state index < -0.39 is 0 Å². The Kier molecular flexibility index (Phi) is 4.69. The highest BCUT2D eigenvalue weighted by Gasteiger charge is 2.18. The van der Waals surface area contributed by atoms with E-state index in [0.29, 0.717) is 0 Å². The number of halogens is 1. The molecule has 0 amide bonds. The number of piperazine rings is 1. The average Bonchev–Trinajstić information content (AvgIpc) is 2.40. The first kappa shape index (κ1) is 13.5. The summed E-state index contributed by atoms with van der Waals surface area (Å²) in [5.41, 5.74) is 7.17. The topological polar surface area (TPSA) is 32.5 Å². The van der Waals surface area contributed by atoms with E-state index in [-0.39, 0.29) is 11.9 Å². The van der Waals surface area contributed by atoms with Crippen LogP contribution in [-0.4, -0.2) is 49.1 Å². The Morgan fingerprint density at radius 2 is 1.67 bits per heavy atom. The van der Waals surface area contributed by atoms with E-state index in [4.69, 9.17) is 5.73 Å². The van der Waals surface area contributed by atoms with Crippen molar-refractivity contribution in [3.05, 3.63) is 35.6 Å². The minimum absolute atomic E-state index is 0.0289. The molecular weight excluding hydrogens is 229 g/mol. The van der Waals surface area contributed by atoms with Gasteiger partial charge in [-0.25, -0.2) is 4.39 Å². The molecule has 1 heterocycles. The van der Waals surface area contributed by atoms with Gasteiger partial charge >= 0.3 is 0 Å². The number of benzene rings is 1. The Balaban J connectivity index is 1.84. The molecule has 0 spiro atoms. The highest BCUT2D eigenvalue weighted by molar-refractivity contribution is 5.19. The maximum atomic E-state index is 12.8. The van der Waals surface area contributed by atoms with Crippen LogP contribution in [0.25, 0.3) is 0 Å². The molecule has 0 aliphatic carbocycles. The third-order valence-corrected chi connectivity index (χ3v) is 3.67. The van der Waals surface area contributed by atoms with Gasteiger partial charge in [0.25, 0.3) is 0 Å². The van der Waals surface area contributed by atoms with Crippen LogP contribution in [0.3, 0.4) is 0 Å². The molecule has 1 unspecified atom stereocenters. The van der Waals surface area contributed by atoms with E-state index in [9.17, 15) is 4.39 Å². The fraction of sp³-hybridized carbons (Fsp3) is 0.571. The predicted octanol–water partition coefficient (Wildman–Crippen LogP) is 1.46. The van der Waals surface area contributed by atoms with Crippen molar-refractivity contribution in [2.75, 3.05) is 39.3 Å². The second kappa shape index (κ2) is 6.27. The Morgan fingerprint density at radius 3 is 2.22 bits per heavy atom. The van der Waals surface area contributed by atoms with Crippen molar-refractivity contribution in [2.24, 2.45) is 5.73 Å². The van der Waals surface area contributed by atoms with Gasteiger partial charge in [0.15, 0.2) is 0 Å². The molecule has 0 saturated carbocycles. The fourth-order valence-corrected chi connectivity index (χ4v) is 2.38. The van der Waals surface area contributed by atoms with Crippen molar-refractivity contribution in [3.63, 3.8) is 0 Å². The molecule has 0 aromatic heterocycles. The van der Waals surface area contributed by atoms with Crippen molar-refractivity contribution >= 4 is 0 Å². The first-order valence-corrected chi connectivity index (χ1v) is 6.65. The molecule has 100 valence electrons. The number of hydrogen-bond donors (Lipinski definition) is 1. The Morgan fingerprint density at radius 1 is 1.11 bits per heavy atom. The first-order chi connectivity index (χ1) is 8.69. The normalized spacial score (nSPS) is 19.9. The van der Waals surface area contributed by atoms with Crippen LogP contribution in [-0.2, 0) is 0 Å². The van der Waals surface area contributed by atoms with Crippen molar-refractivity contribution in [1.29, 1.82) is 0 Å². The van der Waals surface area contributed by atoms with Crippen molar-refractivity contribution < 1.29 is 4.39 Å². The maximum Gasteiger partial charge on any atom is 0.123 e. The monoisotopic (exact) mass is 251 g/mol. The summed E-state index contributed by atoms with van der Waals surface area (Å²) in [5.74, 6) is -0.206. The molecule has 1 aliphatic rings. The molecule has 1 aromatic rings. The van der Waals surface area contributed by atoms with Gasteiger partial charge in [0.1, 0.15) is 5.82 Å². The number of likely N-dealkylation sites (N-methyl/N-ethyl adjacent to an activating group) is 1. The lowest BCUT2D eigenvalue weighted by Gasteiger charge is -2.35. The van der Waals surface area contributed by atoms with Gasteiger partial charge < -0.3 is 10.6 Å². The zero-order chi connectivity index (χ0) is 13.0. The largest absolute Gasteiger partial charge is 0.323 e. The zero-order valence-corrected chi connectivity index (χ0v) is 11.0. The molecule has 2 rings (SSSR count). The summed E-state index contributed by atoms with van der Waals surface area (Å²) >= 11 is 0. The lowest BCUT2D eigenvalue weighted by Crippen LogP contribution is -2.48. The second-order valence-corrected chi connectivity index (χ2v) is 4.89. The van der Waals surface area contributed by atoms with Gasteiger partial charge in [-0.05, 0) is 24.2 Å². The van der Waals surface area contributed by atoms with Gasteiger partial charge in [0.05, 0.1) is 0 Å². The van der Waals surface area contributed by atoms with E-state index in [2.05, 4.69) is 16.7 Å². The number of hydrogen-bond acceptors (Lipinski definition) is 3. The quantitative estimate of drug-likeness (QED) is 0.879. The summed E-state index contributed by atoms with van der Waals surface area (Å²) in [7, 11) is 0. The summed E-state index contributed by atoms with van der Waals surface area (Å²) in [6.07, 6.45) is 0. The molecule has 1 aromatic carbocycles. The Bertz CT molecular complexity index is 358. The average molecular weight is 251 g/mol. The van der Waals surface area contributed by atoms with E-state index in [1.807, 2.05) is 0 Å². The van der Waals surface area contributed by atoms with Crippen LogP contribution in [0, 0.1) is 5.82 Å². The van der Waals surface area contributed by atoms with Gasteiger partial charge in [-0.2, -0.15) is 0 Å². The van der Waals surface area contributed by atoms with E-state index in [0.717, 1.165) is 44.8 Å². The van der Waals surface area contributed by atoms with E-state index in [1.54, 1.807) is 12.1 Å². The van der Waals surface area contributed by atoms with Crippen LogP contribution < -0.4 is 5.73 Å². The molecule has 1 saturated heterocycles. The predicted molar refractivity (Wildman–Crippen MR) is 71.9 cm³/mol. The molecule has 1 fully saturated rings. The second-order valence-electron chi connectivity index (χ2n) is 4.89. The minimum Gasteiger partial charge on any atom is -0.323 e. The SMILES string of the molecule is CCN1CCN(CC(N)c2ccc(F)cc2)CC1. The van der Waals surface area contributed by atoms with Gasteiger partial charge in [-0.3, -0.25) is 4.90 Å². The van der Waals surface area contributed by atoms with Crippen molar-refractivity contribution in [2.45, 2.75) is 13.0 Å². The summed E-state index contributed by atoms with van der Waals surface area (Å²) in [5, 5.41) is 0. The molecule has 0 bridgehead atoms. The highest BCUT2D eigenvalue weighted by Crippen LogP contribution is 2.13. The smallest absolute Gasteiger partial charge is 0.123 e. The van der Waals surface area contributed by atoms with Crippen molar-refractivity contribution in [1.82, 2.24) is 9.80 Å². The van der Waals surface area contributed by atoms with Gasteiger partial charge in [-0.1, -0.05) is 19.1 Å². The summed E-state index contributed by atoms with van der Waals surface area (Å²) in [6, 6.07) is 6.48. The highest BCUT2D eigenvalue weighted by atomic mass is 19.1. The number of nitrogens with zero attached hydrogens (tertiary/aromatic N) is 2. The molecule has 1 aliphatic heterocycles. The lowest BCUT2D eigenvalue weighted by molar-refractivity contribution is 0.131. The lowest BCUT2D eigenvalue weighted by atomic mass is 10.1. The molecule has 4 heteroatoms. The molecule has 3 nitrogen and oxygen atoms in total. The number of nitrogens with two attached hydrogens (primary N) is 1. The van der Waals surface area contributed by atoms with Crippen LogP contribution in [0.4, 0.5) is 4.39 Å². The Hall–Kier alpha value is -0.970. The fourth-order valence-electron chi connectivity index (χ4n) is 2.38. The first-order valence-electron chi connectivity index (χ1n) is 6.65. The minimum atomic E-state index is -0.206. The number of rotatable bonds is 4. The standard InChI is InChI=1S/C14H22FN3/c1-2-17-7-9-18(10-8-17)11-14(16)12-3-5-13(15)6-4-12/h3-6,14H,2,7-11,16H2,1H3. The van der Waals surface area contributed by atoms with Crippen molar-refractivity contribution in [3.8, 4) is 0 Å². The van der Waals surface area contributed by atoms with E-state index in [1.165, 1.54) is 12.1 Å². The third-order valence-electron chi connectivity index (χ3n) is 3.67. The van der Waals surface area contributed by atoms with Crippen LogP contribution >= 0.6 is 0 Å². The van der Waals surface area contributed by atoms with Gasteiger partial charge in [-0.15, -0.1) is 0 Å².